The van der Waals surface area contributed by atoms with Gasteiger partial charge in [-0.3, -0.25) is 9.69 Å². The van der Waals surface area contributed by atoms with Gasteiger partial charge in [-0.2, -0.15) is 0 Å². The summed E-state index contributed by atoms with van der Waals surface area (Å²) in [6.07, 6.45) is 1.55. The number of carbonyl (C=O) groups excluding carboxylic acids is 1. The summed E-state index contributed by atoms with van der Waals surface area (Å²) < 4.78 is 24.0. The number of benzene rings is 2. The molecule has 180 valence electrons. The molecule has 1 aliphatic heterocycles. The summed E-state index contributed by atoms with van der Waals surface area (Å²) in [6, 6.07) is 14.6. The normalized spacial score (nSPS) is 17.0. The molecule has 0 amide bonds. The maximum atomic E-state index is 13.5. The molecule has 1 unspecified atom stereocenters. The number of ether oxygens (including phenoxy) is 2. The Hall–Kier alpha value is -2.44. The van der Waals surface area contributed by atoms with Gasteiger partial charge in [0.2, 0.25) is 0 Å². The molecule has 0 saturated carbocycles. The molecular weight excluding hydrogens is 419 g/mol. The van der Waals surface area contributed by atoms with E-state index in [-0.39, 0.29) is 17.7 Å². The van der Waals surface area contributed by atoms with Gasteiger partial charge in [-0.1, -0.05) is 38.1 Å². The minimum Gasteiger partial charge on any atom is -0.497 e. The standard InChI is InChI=1S/C27H37FN2O3/c1-21(2)27(26(31)33-4,23-8-10-24(28)11-9-23)14-5-15-29-16-18-30(19-17-29)20-22-6-12-25(32-3)13-7-22/h6-13,21H,5,14-20H2,1-4H3. The summed E-state index contributed by atoms with van der Waals surface area (Å²) in [4.78, 5) is 17.9. The second-order valence-corrected chi connectivity index (χ2v) is 9.19. The van der Waals surface area contributed by atoms with Crippen LogP contribution in [-0.2, 0) is 21.5 Å². The first kappa shape index (κ1) is 25.2. The molecule has 2 aromatic carbocycles. The van der Waals surface area contributed by atoms with Gasteiger partial charge in [-0.25, -0.2) is 4.39 Å². The molecule has 5 nitrogen and oxygen atoms in total. The van der Waals surface area contributed by atoms with Crippen molar-refractivity contribution in [2.45, 2.75) is 38.6 Å². The van der Waals surface area contributed by atoms with Gasteiger partial charge in [0.1, 0.15) is 11.6 Å². The Kier molecular flexibility index (Phi) is 8.87. The lowest BCUT2D eigenvalue weighted by Crippen LogP contribution is -2.47. The Bertz CT molecular complexity index is 877. The lowest BCUT2D eigenvalue weighted by molar-refractivity contribution is -0.150. The Morgan fingerprint density at radius 1 is 0.970 bits per heavy atom. The van der Waals surface area contributed by atoms with E-state index < -0.39 is 5.41 Å². The van der Waals surface area contributed by atoms with Crippen molar-refractivity contribution in [3.8, 4) is 5.75 Å². The Morgan fingerprint density at radius 3 is 2.12 bits per heavy atom. The van der Waals surface area contributed by atoms with Gasteiger partial charge in [0.05, 0.1) is 19.6 Å². The summed E-state index contributed by atoms with van der Waals surface area (Å²) in [6.45, 7) is 10.0. The predicted octanol–water partition coefficient (Wildman–Crippen LogP) is 4.50. The number of hydrogen-bond acceptors (Lipinski definition) is 5. The fourth-order valence-electron chi connectivity index (χ4n) is 4.89. The van der Waals surface area contributed by atoms with Crippen molar-refractivity contribution in [2.75, 3.05) is 46.9 Å². The lowest BCUT2D eigenvalue weighted by atomic mass is 9.68. The molecule has 0 N–H and O–H groups in total. The van der Waals surface area contributed by atoms with Crippen LogP contribution in [0.4, 0.5) is 4.39 Å². The third-order valence-electron chi connectivity index (χ3n) is 6.97. The number of esters is 1. The van der Waals surface area contributed by atoms with Gasteiger partial charge in [0.15, 0.2) is 0 Å². The number of carbonyl (C=O) groups is 1. The highest BCUT2D eigenvalue weighted by Crippen LogP contribution is 2.38. The Morgan fingerprint density at radius 2 is 1.58 bits per heavy atom. The molecule has 1 saturated heterocycles. The minimum atomic E-state index is -0.765. The molecule has 0 radical (unpaired) electrons. The molecule has 0 aromatic heterocycles. The molecular formula is C27H37FN2O3. The molecule has 0 aliphatic carbocycles. The maximum Gasteiger partial charge on any atom is 0.316 e. The fourth-order valence-corrected chi connectivity index (χ4v) is 4.89. The van der Waals surface area contributed by atoms with Gasteiger partial charge in [0.25, 0.3) is 0 Å². The molecule has 0 spiro atoms. The average Bonchev–Trinajstić information content (AvgIpc) is 2.83. The van der Waals surface area contributed by atoms with E-state index in [4.69, 9.17) is 9.47 Å². The van der Waals surface area contributed by atoms with Crippen molar-refractivity contribution in [3.63, 3.8) is 0 Å². The number of piperazine rings is 1. The molecule has 1 fully saturated rings. The van der Waals surface area contributed by atoms with Crippen molar-refractivity contribution in [1.82, 2.24) is 9.80 Å². The predicted molar refractivity (Wildman–Crippen MR) is 129 cm³/mol. The van der Waals surface area contributed by atoms with Crippen LogP contribution in [0.3, 0.4) is 0 Å². The summed E-state index contributed by atoms with van der Waals surface area (Å²) in [5, 5.41) is 0. The Balaban J connectivity index is 1.55. The highest BCUT2D eigenvalue weighted by atomic mass is 19.1. The van der Waals surface area contributed by atoms with E-state index in [9.17, 15) is 9.18 Å². The highest BCUT2D eigenvalue weighted by Gasteiger charge is 2.44. The number of halogens is 1. The van der Waals surface area contributed by atoms with E-state index in [0.29, 0.717) is 6.42 Å². The van der Waals surface area contributed by atoms with Crippen molar-refractivity contribution in [2.24, 2.45) is 5.92 Å². The van der Waals surface area contributed by atoms with Crippen molar-refractivity contribution < 1.29 is 18.7 Å². The topological polar surface area (TPSA) is 42.0 Å². The summed E-state index contributed by atoms with van der Waals surface area (Å²) in [7, 11) is 3.12. The molecule has 1 atom stereocenters. The Labute approximate surface area is 197 Å². The third kappa shape index (κ3) is 6.12. The fraction of sp³-hybridized carbons (Fsp3) is 0.519. The molecule has 1 aliphatic rings. The van der Waals surface area contributed by atoms with Gasteiger partial charge in [0, 0.05) is 32.7 Å². The van der Waals surface area contributed by atoms with Crippen molar-refractivity contribution >= 4 is 5.97 Å². The zero-order valence-corrected chi connectivity index (χ0v) is 20.4. The van der Waals surface area contributed by atoms with Crippen LogP contribution in [0.2, 0.25) is 0 Å². The SMILES string of the molecule is COC(=O)C(CCCN1CCN(Cc2ccc(OC)cc2)CC1)(c1ccc(F)cc1)C(C)C. The first-order valence-corrected chi connectivity index (χ1v) is 11.8. The van der Waals surface area contributed by atoms with E-state index in [1.807, 2.05) is 26.0 Å². The number of nitrogens with zero attached hydrogens (tertiary/aromatic N) is 2. The van der Waals surface area contributed by atoms with Gasteiger partial charge < -0.3 is 14.4 Å². The monoisotopic (exact) mass is 456 g/mol. The molecule has 6 heteroatoms. The zero-order valence-electron chi connectivity index (χ0n) is 20.4. The smallest absolute Gasteiger partial charge is 0.316 e. The second kappa shape index (κ2) is 11.6. The minimum absolute atomic E-state index is 0.0387. The third-order valence-corrected chi connectivity index (χ3v) is 6.97. The quantitative estimate of drug-likeness (QED) is 0.493. The van der Waals surface area contributed by atoms with Gasteiger partial charge >= 0.3 is 5.97 Å². The van der Waals surface area contributed by atoms with E-state index in [1.165, 1.54) is 24.8 Å². The second-order valence-electron chi connectivity index (χ2n) is 9.19. The molecule has 0 bridgehead atoms. The van der Waals surface area contributed by atoms with E-state index in [2.05, 4.69) is 21.9 Å². The van der Waals surface area contributed by atoms with Crippen LogP contribution in [0.1, 0.15) is 37.8 Å². The lowest BCUT2D eigenvalue weighted by Gasteiger charge is -2.38. The van der Waals surface area contributed by atoms with Gasteiger partial charge in [-0.05, 0) is 60.7 Å². The van der Waals surface area contributed by atoms with E-state index in [1.54, 1.807) is 19.2 Å². The van der Waals surface area contributed by atoms with Crippen LogP contribution in [-0.4, -0.2) is 62.7 Å². The molecule has 3 rings (SSSR count). The van der Waals surface area contributed by atoms with Gasteiger partial charge in [-0.15, -0.1) is 0 Å². The van der Waals surface area contributed by atoms with Crippen LogP contribution in [0.25, 0.3) is 0 Å². The first-order chi connectivity index (χ1) is 15.9. The molecule has 33 heavy (non-hydrogen) atoms. The molecule has 2 aromatic rings. The zero-order chi connectivity index (χ0) is 23.8. The summed E-state index contributed by atoms with van der Waals surface area (Å²) >= 11 is 0. The van der Waals surface area contributed by atoms with Crippen molar-refractivity contribution in [3.05, 3.63) is 65.5 Å². The summed E-state index contributed by atoms with van der Waals surface area (Å²) in [5.41, 5.74) is 1.36. The van der Waals surface area contributed by atoms with Crippen molar-refractivity contribution in [1.29, 1.82) is 0 Å². The molecule has 1 heterocycles. The summed E-state index contributed by atoms with van der Waals surface area (Å²) in [5.74, 6) is 0.382. The number of hydrogen-bond donors (Lipinski definition) is 0. The largest absolute Gasteiger partial charge is 0.497 e. The van der Waals surface area contributed by atoms with Crippen LogP contribution >= 0.6 is 0 Å². The van der Waals surface area contributed by atoms with Crippen LogP contribution in [0, 0.1) is 11.7 Å². The number of methoxy groups -OCH3 is 2. The maximum absolute atomic E-state index is 13.5. The van der Waals surface area contributed by atoms with Crippen LogP contribution in [0.5, 0.6) is 5.75 Å². The van der Waals surface area contributed by atoms with E-state index in [0.717, 1.165) is 57.0 Å². The van der Waals surface area contributed by atoms with Crippen LogP contribution < -0.4 is 4.74 Å². The number of rotatable bonds is 10. The van der Waals surface area contributed by atoms with E-state index >= 15 is 0 Å². The average molecular weight is 457 g/mol. The highest BCUT2D eigenvalue weighted by molar-refractivity contribution is 5.83. The first-order valence-electron chi connectivity index (χ1n) is 11.8. The van der Waals surface area contributed by atoms with Crippen LogP contribution in [0.15, 0.2) is 48.5 Å².